The van der Waals surface area contributed by atoms with Crippen molar-refractivity contribution in [3.8, 4) is 5.75 Å². The second-order valence-electron chi connectivity index (χ2n) is 2.87. The molecule has 0 aliphatic carbocycles. The molecule has 0 bridgehead atoms. The van der Waals surface area contributed by atoms with Crippen molar-refractivity contribution in [2.24, 2.45) is 0 Å². The molecule has 1 aliphatic rings. The van der Waals surface area contributed by atoms with Crippen molar-refractivity contribution < 1.29 is 9.90 Å². The molecule has 13 heavy (non-hydrogen) atoms. The summed E-state index contributed by atoms with van der Waals surface area (Å²) in [4.78, 5) is 12.8. The third-order valence-electron chi connectivity index (χ3n) is 2.03. The third-order valence-corrected chi connectivity index (χ3v) is 2.03. The number of phenolic OH excluding ortho intramolecular Hbond substituents is 1. The van der Waals surface area contributed by atoms with Crippen molar-refractivity contribution in [2.75, 3.05) is 18.0 Å². The Labute approximate surface area is 75.8 Å². The number of phenols is 1. The van der Waals surface area contributed by atoms with E-state index in [0.717, 1.165) is 0 Å². The number of benzene rings is 1. The highest BCUT2D eigenvalue weighted by molar-refractivity contribution is 5.95. The van der Waals surface area contributed by atoms with E-state index in [4.69, 9.17) is 0 Å². The van der Waals surface area contributed by atoms with Gasteiger partial charge in [0.05, 0.1) is 5.69 Å². The molecule has 1 aliphatic heterocycles. The normalized spacial score (nSPS) is 16.0. The number of para-hydroxylation sites is 2. The quantitative estimate of drug-likeness (QED) is 0.672. The topological polar surface area (TPSA) is 52.6 Å². The van der Waals surface area contributed by atoms with Crippen molar-refractivity contribution in [3.05, 3.63) is 24.3 Å². The smallest absolute Gasteiger partial charge is 0.322 e. The largest absolute Gasteiger partial charge is 0.506 e. The minimum atomic E-state index is -0.151. The van der Waals surface area contributed by atoms with Gasteiger partial charge in [-0.3, -0.25) is 4.90 Å². The van der Waals surface area contributed by atoms with Gasteiger partial charge in [-0.2, -0.15) is 0 Å². The van der Waals surface area contributed by atoms with E-state index in [2.05, 4.69) is 5.32 Å². The Hall–Kier alpha value is -1.71. The minimum absolute atomic E-state index is 0.138. The standard InChI is InChI=1S/C9H10N2O2/c12-8-4-2-1-3-7(8)11-6-5-10-9(11)13/h1-4,12H,5-6H2,(H,10,13). The van der Waals surface area contributed by atoms with Crippen molar-refractivity contribution in [1.82, 2.24) is 5.32 Å². The SMILES string of the molecule is O=C1NCCN1c1ccccc1O. The van der Waals surface area contributed by atoms with Gasteiger partial charge in [0, 0.05) is 13.1 Å². The van der Waals surface area contributed by atoms with Gasteiger partial charge < -0.3 is 10.4 Å². The summed E-state index contributed by atoms with van der Waals surface area (Å²) in [5, 5.41) is 12.1. The van der Waals surface area contributed by atoms with Crippen molar-refractivity contribution >= 4 is 11.7 Å². The molecule has 4 nitrogen and oxygen atoms in total. The van der Waals surface area contributed by atoms with Gasteiger partial charge in [-0.25, -0.2) is 4.79 Å². The van der Waals surface area contributed by atoms with Gasteiger partial charge in [0.1, 0.15) is 5.75 Å². The maximum absolute atomic E-state index is 11.2. The third kappa shape index (κ3) is 1.30. The maximum atomic E-state index is 11.2. The summed E-state index contributed by atoms with van der Waals surface area (Å²) in [5.41, 5.74) is 0.567. The van der Waals surface area contributed by atoms with Gasteiger partial charge in [-0.05, 0) is 12.1 Å². The number of aromatic hydroxyl groups is 1. The van der Waals surface area contributed by atoms with E-state index < -0.39 is 0 Å². The van der Waals surface area contributed by atoms with Crippen LogP contribution in [-0.4, -0.2) is 24.2 Å². The van der Waals surface area contributed by atoms with Crippen LogP contribution in [0.25, 0.3) is 0 Å². The van der Waals surface area contributed by atoms with Crippen LogP contribution in [-0.2, 0) is 0 Å². The van der Waals surface area contributed by atoms with Crippen LogP contribution in [0.3, 0.4) is 0 Å². The molecule has 1 aromatic carbocycles. The van der Waals surface area contributed by atoms with Gasteiger partial charge in [0.2, 0.25) is 0 Å². The summed E-state index contributed by atoms with van der Waals surface area (Å²) in [5.74, 6) is 0.138. The van der Waals surface area contributed by atoms with Crippen molar-refractivity contribution in [3.63, 3.8) is 0 Å². The Morgan fingerprint density at radius 1 is 1.38 bits per heavy atom. The molecular formula is C9H10N2O2. The van der Waals surface area contributed by atoms with Crippen molar-refractivity contribution in [2.45, 2.75) is 0 Å². The van der Waals surface area contributed by atoms with Gasteiger partial charge >= 0.3 is 6.03 Å². The molecule has 1 fully saturated rings. The van der Waals surface area contributed by atoms with E-state index in [1.807, 2.05) is 0 Å². The summed E-state index contributed by atoms with van der Waals surface area (Å²) < 4.78 is 0. The number of carbonyl (C=O) groups excluding carboxylic acids is 1. The fourth-order valence-corrected chi connectivity index (χ4v) is 1.39. The Morgan fingerprint density at radius 2 is 2.15 bits per heavy atom. The van der Waals surface area contributed by atoms with Crippen LogP contribution < -0.4 is 10.2 Å². The molecule has 1 aromatic rings. The summed E-state index contributed by atoms with van der Waals surface area (Å²) >= 11 is 0. The van der Waals surface area contributed by atoms with Gasteiger partial charge in [0.15, 0.2) is 0 Å². The Morgan fingerprint density at radius 3 is 2.77 bits per heavy atom. The molecular weight excluding hydrogens is 168 g/mol. The predicted octanol–water partition coefficient (Wildman–Crippen LogP) is 0.922. The molecule has 2 rings (SSSR count). The zero-order valence-electron chi connectivity index (χ0n) is 7.03. The molecule has 0 spiro atoms. The van der Waals surface area contributed by atoms with Crippen LogP contribution in [0.4, 0.5) is 10.5 Å². The number of carbonyl (C=O) groups is 1. The van der Waals surface area contributed by atoms with E-state index in [9.17, 15) is 9.90 Å². The fourth-order valence-electron chi connectivity index (χ4n) is 1.39. The first-order valence-corrected chi connectivity index (χ1v) is 4.12. The summed E-state index contributed by atoms with van der Waals surface area (Å²) in [6, 6.07) is 6.66. The van der Waals surface area contributed by atoms with Gasteiger partial charge in [-0.1, -0.05) is 12.1 Å². The first-order valence-electron chi connectivity index (χ1n) is 4.12. The fraction of sp³-hybridized carbons (Fsp3) is 0.222. The number of amides is 2. The summed E-state index contributed by atoms with van der Waals surface area (Å²) in [7, 11) is 0. The van der Waals surface area contributed by atoms with Crippen LogP contribution >= 0.6 is 0 Å². The molecule has 1 saturated heterocycles. The zero-order chi connectivity index (χ0) is 9.26. The first-order chi connectivity index (χ1) is 6.29. The van der Waals surface area contributed by atoms with Gasteiger partial charge in [0.25, 0.3) is 0 Å². The molecule has 0 radical (unpaired) electrons. The van der Waals surface area contributed by atoms with Crippen LogP contribution in [0, 0.1) is 0 Å². The summed E-state index contributed by atoms with van der Waals surface area (Å²) in [6.07, 6.45) is 0. The minimum Gasteiger partial charge on any atom is -0.506 e. The number of nitrogens with zero attached hydrogens (tertiary/aromatic N) is 1. The lowest BCUT2D eigenvalue weighted by Crippen LogP contribution is -2.27. The molecule has 4 heteroatoms. The van der Waals surface area contributed by atoms with E-state index in [1.165, 1.54) is 4.90 Å². The van der Waals surface area contributed by atoms with Gasteiger partial charge in [-0.15, -0.1) is 0 Å². The number of urea groups is 1. The van der Waals surface area contributed by atoms with Crippen LogP contribution in [0.1, 0.15) is 0 Å². The zero-order valence-corrected chi connectivity index (χ0v) is 7.03. The van der Waals surface area contributed by atoms with Crippen LogP contribution in [0.15, 0.2) is 24.3 Å². The Balaban J connectivity index is 2.34. The average molecular weight is 178 g/mol. The van der Waals surface area contributed by atoms with E-state index >= 15 is 0 Å². The lowest BCUT2D eigenvalue weighted by Gasteiger charge is -2.14. The summed E-state index contributed by atoms with van der Waals surface area (Å²) in [6.45, 7) is 1.24. The molecule has 2 amide bonds. The number of nitrogens with one attached hydrogen (secondary N) is 1. The van der Waals surface area contributed by atoms with Crippen LogP contribution in [0.5, 0.6) is 5.75 Å². The highest BCUT2D eigenvalue weighted by Gasteiger charge is 2.22. The van der Waals surface area contributed by atoms with Crippen molar-refractivity contribution in [1.29, 1.82) is 0 Å². The number of hydrogen-bond acceptors (Lipinski definition) is 2. The maximum Gasteiger partial charge on any atom is 0.322 e. The second-order valence-corrected chi connectivity index (χ2v) is 2.87. The molecule has 0 unspecified atom stereocenters. The first kappa shape index (κ1) is 7.91. The number of hydrogen-bond donors (Lipinski definition) is 2. The highest BCUT2D eigenvalue weighted by Crippen LogP contribution is 2.27. The average Bonchev–Trinajstić information content (AvgIpc) is 2.52. The number of rotatable bonds is 1. The molecule has 68 valence electrons. The predicted molar refractivity (Wildman–Crippen MR) is 48.9 cm³/mol. The van der Waals surface area contributed by atoms with E-state index in [1.54, 1.807) is 24.3 Å². The Bertz CT molecular complexity index is 338. The van der Waals surface area contributed by atoms with E-state index in [-0.39, 0.29) is 11.8 Å². The Kier molecular flexibility index (Phi) is 1.81. The lowest BCUT2D eigenvalue weighted by atomic mass is 10.3. The van der Waals surface area contributed by atoms with Crippen LogP contribution in [0.2, 0.25) is 0 Å². The highest BCUT2D eigenvalue weighted by atomic mass is 16.3. The molecule has 0 aromatic heterocycles. The molecule has 1 heterocycles. The number of anilines is 1. The molecule has 0 saturated carbocycles. The lowest BCUT2D eigenvalue weighted by molar-refractivity contribution is 0.252. The van der Waals surface area contributed by atoms with E-state index in [0.29, 0.717) is 18.8 Å². The molecule has 0 atom stereocenters. The monoisotopic (exact) mass is 178 g/mol. The molecule has 2 N–H and O–H groups in total. The second kappa shape index (κ2) is 2.97.